The van der Waals surface area contributed by atoms with E-state index in [1.165, 1.54) is 26.6 Å². The molecule has 3 heterocycles. The zero-order valence-corrected chi connectivity index (χ0v) is 26.5. The van der Waals surface area contributed by atoms with Crippen molar-refractivity contribution in [2.75, 3.05) is 0 Å². The van der Waals surface area contributed by atoms with Crippen LogP contribution in [0.15, 0.2) is 162 Å². The molecule has 0 aliphatic carbocycles. The molecule has 48 heavy (non-hydrogen) atoms. The van der Waals surface area contributed by atoms with E-state index in [1.54, 1.807) is 11.3 Å². The Kier molecular flexibility index (Phi) is 6.05. The molecule has 0 radical (unpaired) electrons. The van der Waals surface area contributed by atoms with Crippen LogP contribution in [0.5, 0.6) is 0 Å². The summed E-state index contributed by atoms with van der Waals surface area (Å²) in [6.07, 6.45) is 0. The molecule has 0 aliphatic heterocycles. The Balaban J connectivity index is 1.25. The van der Waals surface area contributed by atoms with Gasteiger partial charge in [0, 0.05) is 32.0 Å². The molecule has 0 unspecified atom stereocenters. The SMILES string of the molecule is c1ccc(-c2ccc(-c3nc(-c4cc(-c5ccc6ccccc6c5)cc5oc6ccccc6c45)nc4c3sc3ccccc34)cc2)cc1. The van der Waals surface area contributed by atoms with Crippen molar-refractivity contribution in [2.45, 2.75) is 0 Å². The highest BCUT2D eigenvalue weighted by atomic mass is 32.1. The molecule has 0 aliphatic rings. The smallest absolute Gasteiger partial charge is 0.161 e. The third-order valence-electron chi connectivity index (χ3n) is 9.29. The molecular weight excluding hydrogens is 605 g/mol. The zero-order valence-electron chi connectivity index (χ0n) is 25.7. The van der Waals surface area contributed by atoms with Crippen LogP contribution in [0.3, 0.4) is 0 Å². The van der Waals surface area contributed by atoms with E-state index in [0.717, 1.165) is 65.5 Å². The van der Waals surface area contributed by atoms with Crippen molar-refractivity contribution in [1.29, 1.82) is 0 Å². The van der Waals surface area contributed by atoms with Crippen LogP contribution >= 0.6 is 11.3 Å². The normalized spacial score (nSPS) is 11.8. The lowest BCUT2D eigenvalue weighted by Gasteiger charge is -2.11. The van der Waals surface area contributed by atoms with Crippen molar-refractivity contribution in [3.63, 3.8) is 0 Å². The molecule has 0 fully saturated rings. The van der Waals surface area contributed by atoms with Gasteiger partial charge in [-0.25, -0.2) is 9.97 Å². The second-order valence-electron chi connectivity index (χ2n) is 12.2. The first-order chi connectivity index (χ1) is 23.8. The van der Waals surface area contributed by atoms with Crippen molar-refractivity contribution in [1.82, 2.24) is 9.97 Å². The molecule has 3 aromatic heterocycles. The number of nitrogens with zero attached hydrogens (tertiary/aromatic N) is 2. The maximum atomic E-state index is 6.52. The molecular formula is C44H26N2OS. The average molecular weight is 631 g/mol. The minimum atomic E-state index is 0.687. The number of thiophene rings is 1. The van der Waals surface area contributed by atoms with Crippen LogP contribution in [0, 0.1) is 0 Å². The first kappa shape index (κ1) is 27.1. The monoisotopic (exact) mass is 630 g/mol. The molecule has 10 rings (SSSR count). The van der Waals surface area contributed by atoms with E-state index >= 15 is 0 Å². The summed E-state index contributed by atoms with van der Waals surface area (Å²) in [6.45, 7) is 0. The first-order valence-corrected chi connectivity index (χ1v) is 16.9. The highest BCUT2D eigenvalue weighted by Crippen LogP contribution is 2.43. The van der Waals surface area contributed by atoms with E-state index in [9.17, 15) is 0 Å². The Morgan fingerprint density at radius 2 is 1.15 bits per heavy atom. The van der Waals surface area contributed by atoms with Gasteiger partial charge in [0.25, 0.3) is 0 Å². The van der Waals surface area contributed by atoms with Gasteiger partial charge < -0.3 is 4.42 Å². The Morgan fingerprint density at radius 1 is 0.458 bits per heavy atom. The van der Waals surface area contributed by atoms with Crippen molar-refractivity contribution >= 4 is 64.4 Å². The van der Waals surface area contributed by atoms with Gasteiger partial charge >= 0.3 is 0 Å². The lowest BCUT2D eigenvalue weighted by atomic mass is 9.96. The topological polar surface area (TPSA) is 38.9 Å². The molecule has 4 heteroatoms. The van der Waals surface area contributed by atoms with Crippen molar-refractivity contribution in [2.24, 2.45) is 0 Å². The molecule has 0 saturated carbocycles. The van der Waals surface area contributed by atoms with E-state index in [1.807, 2.05) is 18.2 Å². The Hall–Kier alpha value is -6.10. The molecule has 0 spiro atoms. The van der Waals surface area contributed by atoms with Gasteiger partial charge in [0.05, 0.1) is 15.9 Å². The van der Waals surface area contributed by atoms with E-state index in [-0.39, 0.29) is 0 Å². The van der Waals surface area contributed by atoms with Crippen molar-refractivity contribution in [3.05, 3.63) is 158 Å². The summed E-state index contributed by atoms with van der Waals surface area (Å²) in [5.41, 5.74) is 10.2. The lowest BCUT2D eigenvalue weighted by Crippen LogP contribution is -1.95. The van der Waals surface area contributed by atoms with Gasteiger partial charge in [-0.2, -0.15) is 0 Å². The first-order valence-electron chi connectivity index (χ1n) is 16.1. The number of para-hydroxylation sites is 1. The molecule has 3 nitrogen and oxygen atoms in total. The van der Waals surface area contributed by atoms with E-state index in [0.29, 0.717) is 5.82 Å². The maximum absolute atomic E-state index is 6.52. The number of rotatable bonds is 4. The fourth-order valence-electron chi connectivity index (χ4n) is 6.92. The van der Waals surface area contributed by atoms with Gasteiger partial charge in [0.15, 0.2) is 5.82 Å². The maximum Gasteiger partial charge on any atom is 0.161 e. The third kappa shape index (κ3) is 4.34. The van der Waals surface area contributed by atoms with Crippen LogP contribution in [0.1, 0.15) is 0 Å². The van der Waals surface area contributed by atoms with Crippen molar-refractivity contribution in [3.8, 4) is 44.9 Å². The summed E-state index contributed by atoms with van der Waals surface area (Å²) < 4.78 is 8.81. The Morgan fingerprint density at radius 3 is 2.02 bits per heavy atom. The molecule has 7 aromatic carbocycles. The standard InChI is InChI=1S/C44H26N2OS/c1-2-10-27(11-3-1)29-18-21-30(22-19-29)41-43-42(35-15-7-9-17-39(35)48-43)46-44(45-41)36-25-33(32-23-20-28-12-4-5-13-31(28)24-32)26-38-40(36)34-14-6-8-16-37(34)47-38/h1-26H. The Bertz CT molecular complexity index is 2830. The van der Waals surface area contributed by atoms with E-state index in [4.69, 9.17) is 14.4 Å². The van der Waals surface area contributed by atoms with E-state index in [2.05, 4.69) is 140 Å². The second-order valence-corrected chi connectivity index (χ2v) is 13.2. The van der Waals surface area contributed by atoms with Crippen LogP contribution in [-0.2, 0) is 0 Å². The molecule has 0 atom stereocenters. The van der Waals surface area contributed by atoms with Gasteiger partial charge in [0.2, 0.25) is 0 Å². The summed E-state index contributed by atoms with van der Waals surface area (Å²) in [4.78, 5) is 10.8. The van der Waals surface area contributed by atoms with Crippen LogP contribution in [0.25, 0.3) is 97.9 Å². The summed E-state index contributed by atoms with van der Waals surface area (Å²) in [6, 6.07) is 55.5. The molecule has 224 valence electrons. The molecule has 0 N–H and O–H groups in total. The van der Waals surface area contributed by atoms with Gasteiger partial charge in [-0.15, -0.1) is 11.3 Å². The fraction of sp³-hybridized carbons (Fsp3) is 0. The molecule has 10 aromatic rings. The lowest BCUT2D eigenvalue weighted by molar-refractivity contribution is 0.669. The van der Waals surface area contributed by atoms with Crippen LogP contribution < -0.4 is 0 Å². The van der Waals surface area contributed by atoms with Gasteiger partial charge in [-0.1, -0.05) is 127 Å². The predicted octanol–water partition coefficient (Wildman–Crippen LogP) is 12.6. The zero-order chi connectivity index (χ0) is 31.6. The quantitative estimate of drug-likeness (QED) is 0.194. The largest absolute Gasteiger partial charge is 0.456 e. The van der Waals surface area contributed by atoms with Gasteiger partial charge in [-0.05, 0) is 63.4 Å². The fourth-order valence-corrected chi connectivity index (χ4v) is 8.08. The Labute approximate surface area is 280 Å². The second kappa shape index (κ2) is 10.7. The molecule has 0 bridgehead atoms. The predicted molar refractivity (Wildman–Crippen MR) is 201 cm³/mol. The number of fused-ring (bicyclic) bond motifs is 7. The number of aromatic nitrogens is 2. The van der Waals surface area contributed by atoms with Crippen LogP contribution in [0.4, 0.5) is 0 Å². The minimum absolute atomic E-state index is 0.687. The van der Waals surface area contributed by atoms with Crippen LogP contribution in [-0.4, -0.2) is 9.97 Å². The van der Waals surface area contributed by atoms with E-state index < -0.39 is 0 Å². The molecule has 0 saturated heterocycles. The average Bonchev–Trinajstić information content (AvgIpc) is 3.73. The summed E-state index contributed by atoms with van der Waals surface area (Å²) >= 11 is 1.75. The van der Waals surface area contributed by atoms with Crippen molar-refractivity contribution < 1.29 is 4.42 Å². The van der Waals surface area contributed by atoms with Gasteiger partial charge in [0.1, 0.15) is 11.2 Å². The van der Waals surface area contributed by atoms with Crippen LogP contribution in [0.2, 0.25) is 0 Å². The van der Waals surface area contributed by atoms with Gasteiger partial charge in [-0.3, -0.25) is 0 Å². The highest BCUT2D eigenvalue weighted by molar-refractivity contribution is 7.26. The summed E-state index contributed by atoms with van der Waals surface area (Å²) in [5.74, 6) is 0.687. The third-order valence-corrected chi connectivity index (χ3v) is 10.5. The number of hydrogen-bond acceptors (Lipinski definition) is 4. The number of hydrogen-bond donors (Lipinski definition) is 0. The number of furan rings is 1. The molecule has 0 amide bonds. The summed E-state index contributed by atoms with van der Waals surface area (Å²) in [7, 11) is 0. The summed E-state index contributed by atoms with van der Waals surface area (Å²) in [5, 5.41) is 5.64. The minimum Gasteiger partial charge on any atom is -0.456 e. The number of benzene rings is 7. The highest BCUT2D eigenvalue weighted by Gasteiger charge is 2.21.